The molecule has 3 N–H and O–H groups in total. The van der Waals surface area contributed by atoms with E-state index in [-0.39, 0.29) is 22.7 Å². The zero-order valence-electron chi connectivity index (χ0n) is 11.0. The van der Waals surface area contributed by atoms with Gasteiger partial charge in [0.2, 0.25) is 5.88 Å². The van der Waals surface area contributed by atoms with Crippen molar-refractivity contribution in [2.24, 2.45) is 0 Å². The highest BCUT2D eigenvalue weighted by Gasteiger charge is 2.11. The molecule has 0 fully saturated rings. The van der Waals surface area contributed by atoms with Gasteiger partial charge in [-0.3, -0.25) is 0 Å². The molecule has 0 amide bonds. The summed E-state index contributed by atoms with van der Waals surface area (Å²) in [7, 11) is 0. The lowest BCUT2D eigenvalue weighted by atomic mass is 10.3. The summed E-state index contributed by atoms with van der Waals surface area (Å²) in [6.07, 6.45) is 1.25. The minimum atomic E-state index is -0.453. The quantitative estimate of drug-likeness (QED) is 0.905. The average Bonchev–Trinajstić information content (AvgIpc) is 2.32. The summed E-state index contributed by atoms with van der Waals surface area (Å²) in [4.78, 5) is 7.97. The molecule has 1 aromatic heterocycles. The molecular formula is C13H14ClFN4O. The number of hydrogen-bond acceptors (Lipinski definition) is 5. The Balaban J connectivity index is 2.29. The van der Waals surface area contributed by atoms with Crippen molar-refractivity contribution in [3.05, 3.63) is 35.4 Å². The molecule has 1 heterocycles. The zero-order chi connectivity index (χ0) is 14.7. The maximum Gasteiger partial charge on any atom is 0.242 e. The molecule has 1 aromatic carbocycles. The van der Waals surface area contributed by atoms with Crippen LogP contribution in [0.2, 0.25) is 5.02 Å². The van der Waals surface area contributed by atoms with Crippen LogP contribution in [0.3, 0.4) is 0 Å². The van der Waals surface area contributed by atoms with Crippen molar-refractivity contribution in [3.8, 4) is 5.88 Å². The monoisotopic (exact) mass is 296 g/mol. The molecule has 5 nitrogen and oxygen atoms in total. The molecule has 7 heteroatoms. The standard InChI is InChI=1S/C13H14ClFN4O/c1-7(2)20-13-11(16)12(17-6-18-13)19-10-4-8(14)3-9(15)5-10/h3-7H,16H2,1-2H3,(H,17,18,19). The summed E-state index contributed by atoms with van der Waals surface area (Å²) in [5.74, 6) is 0.156. The number of anilines is 3. The number of halogens is 2. The molecule has 0 aliphatic carbocycles. The summed E-state index contributed by atoms with van der Waals surface area (Å²) < 4.78 is 18.7. The summed E-state index contributed by atoms with van der Waals surface area (Å²) in [5, 5.41) is 3.16. The van der Waals surface area contributed by atoms with E-state index >= 15 is 0 Å². The first-order valence-electron chi connectivity index (χ1n) is 5.96. The fraction of sp³-hybridized carbons (Fsp3) is 0.231. The van der Waals surface area contributed by atoms with E-state index in [4.69, 9.17) is 22.1 Å². The Labute approximate surface area is 120 Å². The van der Waals surface area contributed by atoms with Crippen LogP contribution in [0.1, 0.15) is 13.8 Å². The first-order valence-corrected chi connectivity index (χ1v) is 6.33. The van der Waals surface area contributed by atoms with Crippen molar-refractivity contribution in [2.45, 2.75) is 20.0 Å². The molecule has 106 valence electrons. The van der Waals surface area contributed by atoms with Crippen LogP contribution in [0.15, 0.2) is 24.5 Å². The largest absolute Gasteiger partial charge is 0.473 e. The maximum absolute atomic E-state index is 13.3. The number of rotatable bonds is 4. The number of nitrogen functional groups attached to an aromatic ring is 1. The summed E-state index contributed by atoms with van der Waals surface area (Å²) in [5.41, 5.74) is 6.61. The van der Waals surface area contributed by atoms with Crippen LogP contribution in [0.4, 0.5) is 21.6 Å². The van der Waals surface area contributed by atoms with E-state index in [0.717, 1.165) is 0 Å². The molecule has 2 rings (SSSR count). The Morgan fingerprint density at radius 1 is 1.30 bits per heavy atom. The number of benzene rings is 1. The summed E-state index contributed by atoms with van der Waals surface area (Å²) in [6.45, 7) is 3.72. The smallest absolute Gasteiger partial charge is 0.242 e. The van der Waals surface area contributed by atoms with Gasteiger partial charge < -0.3 is 15.8 Å². The maximum atomic E-state index is 13.3. The molecule has 0 bridgehead atoms. The lowest BCUT2D eigenvalue weighted by molar-refractivity contribution is 0.234. The predicted octanol–water partition coefficient (Wildman–Crippen LogP) is 3.38. The Hall–Kier alpha value is -2.08. The van der Waals surface area contributed by atoms with E-state index in [1.807, 2.05) is 13.8 Å². The Morgan fingerprint density at radius 2 is 2.05 bits per heavy atom. The Morgan fingerprint density at radius 3 is 2.70 bits per heavy atom. The zero-order valence-corrected chi connectivity index (χ0v) is 11.8. The van der Waals surface area contributed by atoms with Crippen LogP contribution in [-0.4, -0.2) is 16.1 Å². The van der Waals surface area contributed by atoms with Gasteiger partial charge in [0.1, 0.15) is 17.8 Å². The molecule has 0 aliphatic rings. The van der Waals surface area contributed by atoms with Gasteiger partial charge in [0.05, 0.1) is 6.10 Å². The first kappa shape index (κ1) is 14.3. The second-order valence-electron chi connectivity index (χ2n) is 4.39. The van der Waals surface area contributed by atoms with Gasteiger partial charge in [0.15, 0.2) is 5.82 Å². The van der Waals surface area contributed by atoms with Gasteiger partial charge in [-0.05, 0) is 32.0 Å². The second kappa shape index (κ2) is 5.92. The van der Waals surface area contributed by atoms with Gasteiger partial charge in [-0.2, -0.15) is 4.98 Å². The number of nitrogens with zero attached hydrogens (tertiary/aromatic N) is 2. The summed E-state index contributed by atoms with van der Waals surface area (Å²) >= 11 is 5.79. The molecule has 0 spiro atoms. The predicted molar refractivity (Wildman–Crippen MR) is 76.9 cm³/mol. The molecule has 0 saturated carbocycles. The van der Waals surface area contributed by atoms with Gasteiger partial charge in [0, 0.05) is 10.7 Å². The number of ether oxygens (including phenoxy) is 1. The number of aromatic nitrogens is 2. The van der Waals surface area contributed by atoms with Crippen molar-refractivity contribution in [2.75, 3.05) is 11.1 Å². The first-order chi connectivity index (χ1) is 9.45. The summed E-state index contributed by atoms with van der Waals surface area (Å²) in [6, 6.07) is 4.06. The van der Waals surface area contributed by atoms with Crippen LogP contribution in [0.5, 0.6) is 5.88 Å². The molecule has 0 atom stereocenters. The van der Waals surface area contributed by atoms with Crippen molar-refractivity contribution < 1.29 is 9.13 Å². The molecular weight excluding hydrogens is 283 g/mol. The van der Waals surface area contributed by atoms with Crippen molar-refractivity contribution in [3.63, 3.8) is 0 Å². The van der Waals surface area contributed by atoms with Crippen molar-refractivity contribution in [1.82, 2.24) is 9.97 Å². The Kier molecular flexibility index (Phi) is 4.24. The third kappa shape index (κ3) is 3.48. The highest BCUT2D eigenvalue weighted by Crippen LogP contribution is 2.29. The van der Waals surface area contributed by atoms with E-state index in [9.17, 15) is 4.39 Å². The van der Waals surface area contributed by atoms with Crippen LogP contribution >= 0.6 is 11.6 Å². The van der Waals surface area contributed by atoms with Gasteiger partial charge in [-0.1, -0.05) is 11.6 Å². The van der Waals surface area contributed by atoms with Crippen LogP contribution in [0.25, 0.3) is 0 Å². The Bertz CT molecular complexity index is 601. The molecule has 0 unspecified atom stereocenters. The molecule has 20 heavy (non-hydrogen) atoms. The second-order valence-corrected chi connectivity index (χ2v) is 4.83. The fourth-order valence-corrected chi connectivity index (χ4v) is 1.78. The lowest BCUT2D eigenvalue weighted by Crippen LogP contribution is -2.10. The van der Waals surface area contributed by atoms with Crippen molar-refractivity contribution in [1.29, 1.82) is 0 Å². The van der Waals surface area contributed by atoms with E-state index in [1.165, 1.54) is 18.5 Å². The third-order valence-electron chi connectivity index (χ3n) is 2.32. The molecule has 0 saturated heterocycles. The highest BCUT2D eigenvalue weighted by atomic mass is 35.5. The average molecular weight is 297 g/mol. The van der Waals surface area contributed by atoms with Crippen molar-refractivity contribution >= 4 is 28.8 Å². The van der Waals surface area contributed by atoms with Gasteiger partial charge in [0.25, 0.3) is 0 Å². The van der Waals surface area contributed by atoms with Crippen LogP contribution < -0.4 is 15.8 Å². The molecule has 0 aliphatic heterocycles. The SMILES string of the molecule is CC(C)Oc1ncnc(Nc2cc(F)cc(Cl)c2)c1N. The van der Waals surface area contributed by atoms with Gasteiger partial charge >= 0.3 is 0 Å². The van der Waals surface area contributed by atoms with E-state index < -0.39 is 5.82 Å². The molecule has 2 aromatic rings. The van der Waals surface area contributed by atoms with E-state index in [2.05, 4.69) is 15.3 Å². The van der Waals surface area contributed by atoms with Crippen LogP contribution in [-0.2, 0) is 0 Å². The highest BCUT2D eigenvalue weighted by molar-refractivity contribution is 6.30. The fourth-order valence-electron chi connectivity index (χ4n) is 1.56. The minimum Gasteiger partial charge on any atom is -0.473 e. The third-order valence-corrected chi connectivity index (χ3v) is 2.54. The number of hydrogen-bond donors (Lipinski definition) is 2. The molecule has 0 radical (unpaired) electrons. The minimum absolute atomic E-state index is 0.0661. The normalized spacial score (nSPS) is 10.7. The van der Waals surface area contributed by atoms with E-state index in [1.54, 1.807) is 6.07 Å². The van der Waals surface area contributed by atoms with Gasteiger partial charge in [-0.25, -0.2) is 9.37 Å². The van der Waals surface area contributed by atoms with E-state index in [0.29, 0.717) is 11.5 Å². The van der Waals surface area contributed by atoms with Crippen LogP contribution in [0, 0.1) is 5.82 Å². The lowest BCUT2D eigenvalue weighted by Gasteiger charge is -2.13. The topological polar surface area (TPSA) is 73.1 Å². The number of nitrogens with two attached hydrogens (primary N) is 1. The van der Waals surface area contributed by atoms with Gasteiger partial charge in [-0.15, -0.1) is 0 Å². The number of nitrogens with one attached hydrogen (secondary N) is 1.